The fraction of sp³-hybridized carbons (Fsp3) is 0.765. The molecule has 1 aliphatic rings. The number of likely N-dealkylation sites (tertiary alicyclic amines) is 1. The van der Waals surface area contributed by atoms with Crippen molar-refractivity contribution in [1.29, 1.82) is 0 Å². The average Bonchev–Trinajstić information content (AvgIpc) is 3.06. The van der Waals surface area contributed by atoms with E-state index >= 15 is 0 Å². The topological polar surface area (TPSA) is 128 Å². The molecule has 9 nitrogen and oxygen atoms in total. The monoisotopic (exact) mass is 370 g/mol. The van der Waals surface area contributed by atoms with Crippen LogP contribution in [0.15, 0.2) is 0 Å². The van der Waals surface area contributed by atoms with E-state index in [0.717, 1.165) is 6.42 Å². The summed E-state index contributed by atoms with van der Waals surface area (Å²) in [5, 5.41) is 16.6. The molecule has 0 unspecified atom stereocenters. The Morgan fingerprint density at radius 3 is 2.38 bits per heavy atom. The second-order valence-electron chi connectivity index (χ2n) is 7.00. The minimum atomic E-state index is -1.15. The first-order valence-electron chi connectivity index (χ1n) is 8.95. The van der Waals surface area contributed by atoms with Crippen molar-refractivity contribution in [2.24, 2.45) is 5.92 Å². The van der Waals surface area contributed by atoms with Gasteiger partial charge in [-0.05, 0) is 39.2 Å². The highest BCUT2D eigenvalue weighted by molar-refractivity contribution is 5.94. The Morgan fingerprint density at radius 2 is 1.85 bits per heavy atom. The Balaban J connectivity index is 2.79. The Morgan fingerprint density at radius 1 is 1.19 bits per heavy atom. The number of aliphatic carboxylic acids is 1. The number of nitrogens with zero attached hydrogens (tertiary/aromatic N) is 1. The summed E-state index contributed by atoms with van der Waals surface area (Å²) >= 11 is 0. The van der Waals surface area contributed by atoms with Crippen LogP contribution in [0.4, 0.5) is 0 Å². The average molecular weight is 370 g/mol. The maximum Gasteiger partial charge on any atom is 0.322 e. The number of carboxylic acids is 1. The van der Waals surface area contributed by atoms with Gasteiger partial charge in [0.2, 0.25) is 17.7 Å². The molecule has 1 rings (SSSR count). The highest BCUT2D eigenvalue weighted by atomic mass is 16.4. The SMILES string of the molecule is CN[C@@H](C)C(=O)N1CCC[C@H]1C(=O)N[C@@H](CC(C)C)C(=O)NCC(=O)O. The van der Waals surface area contributed by atoms with Crippen LogP contribution in [-0.2, 0) is 19.2 Å². The number of likely N-dealkylation sites (N-methyl/N-ethyl adjacent to an activating group) is 1. The van der Waals surface area contributed by atoms with Gasteiger partial charge >= 0.3 is 5.97 Å². The molecule has 3 amide bonds. The lowest BCUT2D eigenvalue weighted by Crippen LogP contribution is -2.55. The molecule has 26 heavy (non-hydrogen) atoms. The molecule has 0 aliphatic carbocycles. The lowest BCUT2D eigenvalue weighted by molar-refractivity contribution is -0.141. The Labute approximate surface area is 153 Å². The third kappa shape index (κ3) is 6.29. The van der Waals surface area contributed by atoms with E-state index in [1.54, 1.807) is 14.0 Å². The van der Waals surface area contributed by atoms with Gasteiger partial charge in [-0.1, -0.05) is 13.8 Å². The van der Waals surface area contributed by atoms with E-state index in [2.05, 4.69) is 16.0 Å². The quantitative estimate of drug-likeness (QED) is 0.426. The van der Waals surface area contributed by atoms with Crippen molar-refractivity contribution in [2.75, 3.05) is 20.1 Å². The molecular formula is C17H30N4O5. The molecule has 0 aromatic carbocycles. The third-order valence-corrected chi connectivity index (χ3v) is 4.40. The zero-order chi connectivity index (χ0) is 19.9. The van der Waals surface area contributed by atoms with Crippen molar-refractivity contribution in [1.82, 2.24) is 20.9 Å². The maximum atomic E-state index is 12.7. The van der Waals surface area contributed by atoms with Crippen molar-refractivity contribution in [2.45, 2.75) is 58.2 Å². The van der Waals surface area contributed by atoms with Crippen LogP contribution in [0.3, 0.4) is 0 Å². The number of nitrogens with one attached hydrogen (secondary N) is 3. The predicted molar refractivity (Wildman–Crippen MR) is 95.3 cm³/mol. The van der Waals surface area contributed by atoms with E-state index < -0.39 is 36.5 Å². The Bertz CT molecular complexity index is 537. The van der Waals surface area contributed by atoms with Crippen molar-refractivity contribution >= 4 is 23.7 Å². The summed E-state index contributed by atoms with van der Waals surface area (Å²) < 4.78 is 0. The minimum Gasteiger partial charge on any atom is -0.480 e. The van der Waals surface area contributed by atoms with Gasteiger partial charge in [0.1, 0.15) is 18.6 Å². The van der Waals surface area contributed by atoms with Gasteiger partial charge in [0, 0.05) is 6.54 Å². The van der Waals surface area contributed by atoms with Gasteiger partial charge in [0.25, 0.3) is 0 Å². The molecule has 0 aromatic rings. The molecule has 1 saturated heterocycles. The highest BCUT2D eigenvalue weighted by Gasteiger charge is 2.37. The molecule has 0 aromatic heterocycles. The predicted octanol–water partition coefficient (Wildman–Crippen LogP) is -0.683. The van der Waals surface area contributed by atoms with Crippen LogP contribution in [0.2, 0.25) is 0 Å². The van der Waals surface area contributed by atoms with E-state index in [4.69, 9.17) is 5.11 Å². The molecule has 4 N–H and O–H groups in total. The molecule has 1 heterocycles. The number of carboxylic acid groups (broad SMARTS) is 1. The van der Waals surface area contributed by atoms with Crippen molar-refractivity contribution < 1.29 is 24.3 Å². The van der Waals surface area contributed by atoms with E-state index in [-0.39, 0.29) is 17.7 Å². The molecule has 0 bridgehead atoms. The normalized spacial score (nSPS) is 19.1. The van der Waals surface area contributed by atoms with Crippen molar-refractivity contribution in [3.8, 4) is 0 Å². The first-order chi connectivity index (χ1) is 12.2. The summed E-state index contributed by atoms with van der Waals surface area (Å²) in [6.45, 7) is 5.55. The molecule has 1 fully saturated rings. The number of rotatable bonds is 9. The van der Waals surface area contributed by atoms with Crippen LogP contribution in [0.1, 0.15) is 40.0 Å². The molecule has 9 heteroatoms. The number of carbonyl (C=O) groups is 4. The van der Waals surface area contributed by atoms with Gasteiger partial charge in [-0.2, -0.15) is 0 Å². The number of hydrogen-bond acceptors (Lipinski definition) is 5. The van der Waals surface area contributed by atoms with Crippen molar-refractivity contribution in [3.05, 3.63) is 0 Å². The van der Waals surface area contributed by atoms with E-state index in [1.165, 1.54) is 4.90 Å². The summed E-state index contributed by atoms with van der Waals surface area (Å²) in [5.74, 6) is -2.09. The van der Waals surface area contributed by atoms with Crippen LogP contribution in [-0.4, -0.2) is 72.0 Å². The smallest absolute Gasteiger partial charge is 0.322 e. The molecule has 0 radical (unpaired) electrons. The van der Waals surface area contributed by atoms with Gasteiger partial charge in [-0.25, -0.2) is 0 Å². The fourth-order valence-corrected chi connectivity index (χ4v) is 2.93. The van der Waals surface area contributed by atoms with Gasteiger partial charge in [0.15, 0.2) is 0 Å². The summed E-state index contributed by atoms with van der Waals surface area (Å²) in [5.41, 5.74) is 0. The maximum absolute atomic E-state index is 12.7. The standard InChI is InChI=1S/C17H30N4O5/c1-10(2)8-12(15(24)19-9-14(22)23)20-16(25)13-6-5-7-21(13)17(26)11(3)18-4/h10-13,18H,5-9H2,1-4H3,(H,19,24)(H,20,25)(H,22,23)/t11-,12-,13-/m0/s1. The van der Waals surface area contributed by atoms with Crippen LogP contribution in [0.5, 0.6) is 0 Å². The fourth-order valence-electron chi connectivity index (χ4n) is 2.93. The minimum absolute atomic E-state index is 0.126. The van der Waals surface area contributed by atoms with E-state index in [9.17, 15) is 19.2 Å². The van der Waals surface area contributed by atoms with Crippen LogP contribution in [0.25, 0.3) is 0 Å². The Hall–Kier alpha value is -2.16. The highest BCUT2D eigenvalue weighted by Crippen LogP contribution is 2.19. The summed E-state index contributed by atoms with van der Waals surface area (Å²) in [7, 11) is 1.68. The summed E-state index contributed by atoms with van der Waals surface area (Å²) in [6.07, 6.45) is 1.64. The zero-order valence-corrected chi connectivity index (χ0v) is 15.9. The second kappa shape index (κ2) is 10.1. The largest absolute Gasteiger partial charge is 0.480 e. The van der Waals surface area contributed by atoms with Gasteiger partial charge in [0.05, 0.1) is 6.04 Å². The molecule has 0 spiro atoms. The lowest BCUT2D eigenvalue weighted by Gasteiger charge is -2.28. The summed E-state index contributed by atoms with van der Waals surface area (Å²) in [6, 6.07) is -1.84. The number of carbonyl (C=O) groups excluding carboxylic acids is 3. The van der Waals surface area contributed by atoms with Crippen LogP contribution < -0.4 is 16.0 Å². The molecule has 1 aliphatic heterocycles. The van der Waals surface area contributed by atoms with Crippen LogP contribution in [0, 0.1) is 5.92 Å². The lowest BCUT2D eigenvalue weighted by atomic mass is 10.0. The first kappa shape index (κ1) is 21.9. The van der Waals surface area contributed by atoms with Gasteiger partial charge in [-0.15, -0.1) is 0 Å². The number of hydrogen-bond donors (Lipinski definition) is 4. The molecule has 3 atom stereocenters. The first-order valence-corrected chi connectivity index (χ1v) is 8.95. The van der Waals surface area contributed by atoms with Crippen molar-refractivity contribution in [3.63, 3.8) is 0 Å². The Kier molecular flexibility index (Phi) is 8.50. The van der Waals surface area contributed by atoms with E-state index in [0.29, 0.717) is 19.4 Å². The van der Waals surface area contributed by atoms with E-state index in [1.807, 2.05) is 13.8 Å². The summed E-state index contributed by atoms with van der Waals surface area (Å²) in [4.78, 5) is 49.5. The molecule has 148 valence electrons. The van der Waals surface area contributed by atoms with Gasteiger partial charge in [-0.3, -0.25) is 19.2 Å². The van der Waals surface area contributed by atoms with Crippen LogP contribution >= 0.6 is 0 Å². The second-order valence-corrected chi connectivity index (χ2v) is 7.00. The third-order valence-electron chi connectivity index (χ3n) is 4.40. The zero-order valence-electron chi connectivity index (χ0n) is 15.9. The number of amides is 3. The van der Waals surface area contributed by atoms with Gasteiger partial charge < -0.3 is 26.0 Å². The molecule has 0 saturated carbocycles. The molecular weight excluding hydrogens is 340 g/mol.